The molecule has 2 rings (SSSR count). The maximum Gasteiger partial charge on any atom is 0.271 e. The van der Waals surface area contributed by atoms with E-state index in [1.807, 2.05) is 6.92 Å². The van der Waals surface area contributed by atoms with Crippen LogP contribution in [-0.2, 0) is 4.79 Å². The fourth-order valence-electron chi connectivity index (χ4n) is 2.17. The molecular formula is C13H17N3O3. The van der Waals surface area contributed by atoms with E-state index in [9.17, 15) is 14.9 Å². The normalized spacial score (nSPS) is 18.9. The summed E-state index contributed by atoms with van der Waals surface area (Å²) in [6, 6.07) is 4.49. The summed E-state index contributed by atoms with van der Waals surface area (Å²) in [5.74, 6) is -0.136. The molecule has 2 N–H and O–H groups in total. The second-order valence-electron chi connectivity index (χ2n) is 4.79. The fraction of sp³-hybridized carbons (Fsp3) is 0.462. The quantitative estimate of drug-likeness (QED) is 0.643. The lowest BCUT2D eigenvalue weighted by Gasteiger charge is -2.22. The van der Waals surface area contributed by atoms with Crippen molar-refractivity contribution in [3.05, 3.63) is 33.9 Å². The van der Waals surface area contributed by atoms with Gasteiger partial charge >= 0.3 is 0 Å². The van der Waals surface area contributed by atoms with Crippen LogP contribution in [0.4, 0.5) is 11.4 Å². The Bertz CT molecular complexity index is 496. The molecule has 1 aromatic rings. The number of nitrogens with zero attached hydrogens (tertiary/aromatic N) is 1. The summed E-state index contributed by atoms with van der Waals surface area (Å²) in [6.45, 7) is 3.43. The van der Waals surface area contributed by atoms with E-state index in [4.69, 9.17) is 0 Å². The van der Waals surface area contributed by atoms with E-state index in [0.29, 0.717) is 12.2 Å². The Kier molecular flexibility index (Phi) is 4.11. The third kappa shape index (κ3) is 3.29. The van der Waals surface area contributed by atoms with E-state index < -0.39 is 4.92 Å². The lowest BCUT2D eigenvalue weighted by Crippen LogP contribution is -2.37. The highest BCUT2D eigenvalue weighted by molar-refractivity contribution is 5.93. The molecule has 1 fully saturated rings. The minimum absolute atomic E-state index is 0.0114. The van der Waals surface area contributed by atoms with Gasteiger partial charge in [0.2, 0.25) is 5.91 Å². The van der Waals surface area contributed by atoms with Gasteiger partial charge < -0.3 is 10.6 Å². The highest BCUT2D eigenvalue weighted by Crippen LogP contribution is 2.23. The number of non-ortho nitro benzene ring substituents is 1. The molecule has 102 valence electrons. The van der Waals surface area contributed by atoms with Crippen molar-refractivity contribution < 1.29 is 9.72 Å². The van der Waals surface area contributed by atoms with E-state index >= 15 is 0 Å². The van der Waals surface area contributed by atoms with E-state index in [2.05, 4.69) is 10.6 Å². The van der Waals surface area contributed by atoms with Crippen LogP contribution in [0.2, 0.25) is 0 Å². The van der Waals surface area contributed by atoms with Crippen LogP contribution in [-0.4, -0.2) is 23.9 Å². The first-order valence-corrected chi connectivity index (χ1v) is 6.34. The number of carbonyl (C=O) groups is 1. The summed E-state index contributed by atoms with van der Waals surface area (Å²) in [4.78, 5) is 22.4. The predicted molar refractivity (Wildman–Crippen MR) is 72.1 cm³/mol. The predicted octanol–water partition coefficient (Wildman–Crippen LogP) is 1.84. The summed E-state index contributed by atoms with van der Waals surface area (Å²) < 4.78 is 0. The Hall–Kier alpha value is -1.95. The summed E-state index contributed by atoms with van der Waals surface area (Å²) in [5.41, 5.74) is 1.33. The topological polar surface area (TPSA) is 84.3 Å². The van der Waals surface area contributed by atoms with Crippen LogP contribution in [0, 0.1) is 23.0 Å². The van der Waals surface area contributed by atoms with Gasteiger partial charge in [0.25, 0.3) is 5.69 Å². The van der Waals surface area contributed by atoms with Crippen molar-refractivity contribution in [1.29, 1.82) is 0 Å². The zero-order chi connectivity index (χ0) is 13.8. The molecule has 6 heteroatoms. The summed E-state index contributed by atoms with van der Waals surface area (Å²) in [6.07, 6.45) is 1.83. The Morgan fingerprint density at radius 2 is 2.32 bits per heavy atom. The second-order valence-corrected chi connectivity index (χ2v) is 4.79. The number of nitro benzene ring substituents is 1. The van der Waals surface area contributed by atoms with Gasteiger partial charge in [-0.1, -0.05) is 6.07 Å². The van der Waals surface area contributed by atoms with Crippen molar-refractivity contribution in [3.63, 3.8) is 0 Å². The van der Waals surface area contributed by atoms with Crippen LogP contribution in [0.3, 0.4) is 0 Å². The first-order valence-electron chi connectivity index (χ1n) is 6.34. The monoisotopic (exact) mass is 263 g/mol. The SMILES string of the molecule is Cc1ccc([N+](=O)[O-])cc1NC(=O)[C@@H]1CCCNC1. The summed E-state index contributed by atoms with van der Waals surface area (Å²) in [7, 11) is 0. The Labute approximate surface area is 111 Å². The Balaban J connectivity index is 2.11. The van der Waals surface area contributed by atoms with Gasteiger partial charge in [0.15, 0.2) is 0 Å². The maximum absolute atomic E-state index is 12.1. The lowest BCUT2D eigenvalue weighted by molar-refractivity contribution is -0.384. The number of hydrogen-bond acceptors (Lipinski definition) is 4. The molecule has 6 nitrogen and oxygen atoms in total. The molecule has 1 heterocycles. The first kappa shape index (κ1) is 13.5. The molecule has 0 bridgehead atoms. The Morgan fingerprint density at radius 1 is 1.53 bits per heavy atom. The van der Waals surface area contributed by atoms with Crippen LogP contribution in [0.25, 0.3) is 0 Å². The van der Waals surface area contributed by atoms with Crippen molar-refractivity contribution in [1.82, 2.24) is 5.32 Å². The van der Waals surface area contributed by atoms with E-state index in [1.54, 1.807) is 6.07 Å². The van der Waals surface area contributed by atoms with Gasteiger partial charge in [-0.3, -0.25) is 14.9 Å². The minimum atomic E-state index is -0.461. The van der Waals surface area contributed by atoms with Crippen molar-refractivity contribution in [2.75, 3.05) is 18.4 Å². The number of hydrogen-bond donors (Lipinski definition) is 2. The summed E-state index contributed by atoms with van der Waals surface area (Å²) in [5, 5.41) is 16.7. The molecule has 1 aliphatic heterocycles. The molecule has 1 saturated heterocycles. The van der Waals surface area contributed by atoms with Crippen LogP contribution >= 0.6 is 0 Å². The fourth-order valence-corrected chi connectivity index (χ4v) is 2.17. The van der Waals surface area contributed by atoms with E-state index in [-0.39, 0.29) is 17.5 Å². The van der Waals surface area contributed by atoms with Crippen LogP contribution in [0.5, 0.6) is 0 Å². The van der Waals surface area contributed by atoms with Gasteiger partial charge in [-0.25, -0.2) is 0 Å². The van der Waals surface area contributed by atoms with Gasteiger partial charge in [-0.15, -0.1) is 0 Å². The summed E-state index contributed by atoms with van der Waals surface area (Å²) >= 11 is 0. The van der Waals surface area contributed by atoms with Gasteiger partial charge in [-0.05, 0) is 31.9 Å². The molecule has 0 radical (unpaired) electrons. The van der Waals surface area contributed by atoms with Gasteiger partial charge in [-0.2, -0.15) is 0 Å². The number of carbonyl (C=O) groups excluding carboxylic acids is 1. The van der Waals surface area contributed by atoms with Crippen molar-refractivity contribution >= 4 is 17.3 Å². The Morgan fingerprint density at radius 3 is 2.95 bits per heavy atom. The van der Waals surface area contributed by atoms with Crippen molar-refractivity contribution in [2.24, 2.45) is 5.92 Å². The average molecular weight is 263 g/mol. The largest absolute Gasteiger partial charge is 0.325 e. The molecule has 0 unspecified atom stereocenters. The van der Waals surface area contributed by atoms with Crippen LogP contribution < -0.4 is 10.6 Å². The standard InChI is InChI=1S/C13H17N3O3/c1-9-4-5-11(16(18)19)7-12(9)15-13(17)10-3-2-6-14-8-10/h4-5,7,10,14H,2-3,6,8H2,1H3,(H,15,17)/t10-/m1/s1. The molecule has 0 aliphatic carbocycles. The van der Waals surface area contributed by atoms with Crippen LogP contribution in [0.1, 0.15) is 18.4 Å². The molecule has 1 aromatic carbocycles. The molecule has 0 spiro atoms. The lowest BCUT2D eigenvalue weighted by atomic mass is 9.98. The number of rotatable bonds is 3. The maximum atomic E-state index is 12.1. The molecule has 1 atom stereocenters. The number of nitrogens with one attached hydrogen (secondary N) is 2. The van der Waals surface area contributed by atoms with E-state index in [1.165, 1.54) is 12.1 Å². The number of piperidine rings is 1. The van der Waals surface area contributed by atoms with E-state index in [0.717, 1.165) is 24.9 Å². The number of nitro groups is 1. The van der Waals surface area contributed by atoms with Gasteiger partial charge in [0, 0.05) is 18.7 Å². The third-order valence-corrected chi connectivity index (χ3v) is 3.36. The highest BCUT2D eigenvalue weighted by Gasteiger charge is 2.21. The molecule has 0 saturated carbocycles. The number of anilines is 1. The minimum Gasteiger partial charge on any atom is -0.325 e. The smallest absolute Gasteiger partial charge is 0.271 e. The molecule has 1 amide bonds. The highest BCUT2D eigenvalue weighted by atomic mass is 16.6. The third-order valence-electron chi connectivity index (χ3n) is 3.36. The number of benzene rings is 1. The van der Waals surface area contributed by atoms with Crippen molar-refractivity contribution in [3.8, 4) is 0 Å². The van der Waals surface area contributed by atoms with Gasteiger partial charge in [0.05, 0.1) is 16.5 Å². The zero-order valence-electron chi connectivity index (χ0n) is 10.8. The van der Waals surface area contributed by atoms with Gasteiger partial charge in [0.1, 0.15) is 0 Å². The first-order chi connectivity index (χ1) is 9.08. The number of aryl methyl sites for hydroxylation is 1. The zero-order valence-corrected chi connectivity index (χ0v) is 10.8. The molecule has 1 aliphatic rings. The van der Waals surface area contributed by atoms with Crippen molar-refractivity contribution in [2.45, 2.75) is 19.8 Å². The second kappa shape index (κ2) is 5.79. The van der Waals surface area contributed by atoms with Crippen LogP contribution in [0.15, 0.2) is 18.2 Å². The number of amides is 1. The molecule has 19 heavy (non-hydrogen) atoms. The molecule has 0 aromatic heterocycles. The molecular weight excluding hydrogens is 246 g/mol. The average Bonchev–Trinajstić information content (AvgIpc) is 2.42.